The van der Waals surface area contributed by atoms with Gasteiger partial charge in [0.2, 0.25) is 0 Å². The van der Waals surface area contributed by atoms with Crippen LogP contribution >= 0.6 is 15.9 Å². The minimum Gasteiger partial charge on any atom is -0.349 e. The molecule has 2 aromatic rings. The number of benzene rings is 1. The molecule has 0 unspecified atom stereocenters. The Hall–Kier alpha value is -1.69. The molecule has 1 N–H and O–H groups in total. The summed E-state index contributed by atoms with van der Waals surface area (Å²) in [6.45, 7) is 0. The van der Waals surface area contributed by atoms with Crippen LogP contribution in [0.1, 0.15) is 23.2 Å². The van der Waals surface area contributed by atoms with Gasteiger partial charge >= 0.3 is 0 Å². The van der Waals surface area contributed by atoms with Gasteiger partial charge in [-0.2, -0.15) is 5.10 Å². The molecular formula is C13H11BrFN3O. The predicted molar refractivity (Wildman–Crippen MR) is 71.7 cm³/mol. The number of amides is 1. The predicted octanol–water partition coefficient (Wildman–Crippen LogP) is 2.67. The van der Waals surface area contributed by atoms with E-state index in [2.05, 4.69) is 26.3 Å². The van der Waals surface area contributed by atoms with E-state index >= 15 is 0 Å². The van der Waals surface area contributed by atoms with E-state index in [0.717, 1.165) is 12.8 Å². The first-order valence-corrected chi connectivity index (χ1v) is 6.75. The maximum Gasteiger partial charge on any atom is 0.255 e. The summed E-state index contributed by atoms with van der Waals surface area (Å²) in [4.78, 5) is 12.0. The van der Waals surface area contributed by atoms with E-state index in [0.29, 0.717) is 15.9 Å². The fourth-order valence-corrected chi connectivity index (χ4v) is 2.34. The first kappa shape index (κ1) is 12.3. The van der Waals surface area contributed by atoms with Gasteiger partial charge in [0.25, 0.3) is 5.91 Å². The molecule has 1 aliphatic carbocycles. The van der Waals surface area contributed by atoms with E-state index in [1.165, 1.54) is 23.0 Å². The van der Waals surface area contributed by atoms with E-state index in [4.69, 9.17) is 0 Å². The van der Waals surface area contributed by atoms with Gasteiger partial charge in [-0.3, -0.25) is 4.79 Å². The number of aromatic nitrogens is 2. The first-order valence-electron chi connectivity index (χ1n) is 5.95. The van der Waals surface area contributed by atoms with Crippen molar-refractivity contribution in [1.82, 2.24) is 15.1 Å². The van der Waals surface area contributed by atoms with Crippen molar-refractivity contribution in [3.8, 4) is 5.69 Å². The number of halogens is 2. The van der Waals surface area contributed by atoms with Crippen LogP contribution in [0.2, 0.25) is 0 Å². The van der Waals surface area contributed by atoms with Gasteiger partial charge < -0.3 is 5.32 Å². The molecule has 1 saturated carbocycles. The molecule has 4 nitrogen and oxygen atoms in total. The number of hydrogen-bond acceptors (Lipinski definition) is 2. The number of carbonyl (C=O) groups is 1. The van der Waals surface area contributed by atoms with Crippen LogP contribution in [0.15, 0.2) is 35.1 Å². The molecule has 6 heteroatoms. The molecule has 98 valence electrons. The highest BCUT2D eigenvalue weighted by atomic mass is 79.9. The van der Waals surface area contributed by atoms with Crippen LogP contribution in [0.3, 0.4) is 0 Å². The van der Waals surface area contributed by atoms with Crippen LogP contribution in [0.25, 0.3) is 5.69 Å². The Bertz CT molecular complexity index is 637. The van der Waals surface area contributed by atoms with Gasteiger partial charge in [0.1, 0.15) is 10.4 Å². The second-order valence-electron chi connectivity index (χ2n) is 4.49. The maximum atomic E-state index is 13.2. The quantitative estimate of drug-likeness (QED) is 0.944. The van der Waals surface area contributed by atoms with E-state index in [-0.39, 0.29) is 17.8 Å². The van der Waals surface area contributed by atoms with E-state index in [9.17, 15) is 9.18 Å². The molecule has 0 atom stereocenters. The molecule has 0 spiro atoms. The Morgan fingerprint density at radius 2 is 2.26 bits per heavy atom. The monoisotopic (exact) mass is 323 g/mol. The molecule has 3 rings (SSSR count). The van der Waals surface area contributed by atoms with Crippen LogP contribution in [-0.4, -0.2) is 21.7 Å². The average molecular weight is 324 g/mol. The van der Waals surface area contributed by atoms with Crippen molar-refractivity contribution >= 4 is 21.8 Å². The maximum absolute atomic E-state index is 13.2. The third kappa shape index (κ3) is 2.53. The Balaban J connectivity index is 1.91. The second kappa shape index (κ2) is 4.77. The van der Waals surface area contributed by atoms with Crippen LogP contribution < -0.4 is 5.32 Å². The normalized spacial score (nSPS) is 14.4. The summed E-state index contributed by atoms with van der Waals surface area (Å²) in [7, 11) is 0. The lowest BCUT2D eigenvalue weighted by atomic mass is 10.3. The van der Waals surface area contributed by atoms with E-state index in [1.54, 1.807) is 12.1 Å². The highest BCUT2D eigenvalue weighted by Gasteiger charge is 2.26. The zero-order valence-corrected chi connectivity index (χ0v) is 11.5. The fraction of sp³-hybridized carbons (Fsp3) is 0.231. The Morgan fingerprint density at radius 3 is 2.95 bits per heavy atom. The van der Waals surface area contributed by atoms with Gasteiger partial charge in [-0.05, 0) is 47.0 Å². The van der Waals surface area contributed by atoms with Gasteiger partial charge in [0.05, 0.1) is 17.4 Å². The molecular weight excluding hydrogens is 313 g/mol. The SMILES string of the molecule is O=C(NC1CC1)c1cnn(-c2cccc(F)c2)c1Br. The van der Waals surface area contributed by atoms with Crippen LogP contribution in [0.5, 0.6) is 0 Å². The lowest BCUT2D eigenvalue weighted by Crippen LogP contribution is -2.25. The first-order chi connectivity index (χ1) is 9.15. The van der Waals surface area contributed by atoms with Crippen molar-refractivity contribution in [1.29, 1.82) is 0 Å². The number of carbonyl (C=O) groups excluding carboxylic acids is 1. The minimum absolute atomic E-state index is 0.156. The highest BCUT2D eigenvalue weighted by Crippen LogP contribution is 2.23. The van der Waals surface area contributed by atoms with Crippen LogP contribution in [0, 0.1) is 5.82 Å². The lowest BCUT2D eigenvalue weighted by Gasteiger charge is -2.04. The smallest absolute Gasteiger partial charge is 0.255 e. The molecule has 19 heavy (non-hydrogen) atoms. The van der Waals surface area contributed by atoms with Gasteiger partial charge in [-0.25, -0.2) is 9.07 Å². The molecule has 1 aromatic carbocycles. The van der Waals surface area contributed by atoms with Crippen molar-refractivity contribution in [2.75, 3.05) is 0 Å². The topological polar surface area (TPSA) is 46.9 Å². The van der Waals surface area contributed by atoms with Gasteiger partial charge in [0, 0.05) is 6.04 Å². The van der Waals surface area contributed by atoms with Crippen LogP contribution in [-0.2, 0) is 0 Å². The molecule has 0 bridgehead atoms. The molecule has 0 saturated heterocycles. The van der Waals surface area contributed by atoms with E-state index < -0.39 is 0 Å². The Morgan fingerprint density at radius 1 is 1.47 bits per heavy atom. The molecule has 0 radical (unpaired) electrons. The van der Waals surface area contributed by atoms with Gasteiger partial charge in [0.15, 0.2) is 0 Å². The molecule has 0 aliphatic heterocycles. The summed E-state index contributed by atoms with van der Waals surface area (Å²) in [6, 6.07) is 6.34. The molecule has 1 aliphatic rings. The number of nitrogens with zero attached hydrogens (tertiary/aromatic N) is 2. The number of nitrogens with one attached hydrogen (secondary N) is 1. The van der Waals surface area contributed by atoms with Crippen molar-refractivity contribution in [3.63, 3.8) is 0 Å². The second-order valence-corrected chi connectivity index (χ2v) is 5.24. The number of hydrogen-bond donors (Lipinski definition) is 1. The summed E-state index contributed by atoms with van der Waals surface area (Å²) in [5.41, 5.74) is 1.02. The van der Waals surface area contributed by atoms with Crippen LogP contribution in [0.4, 0.5) is 4.39 Å². The summed E-state index contributed by atoms with van der Waals surface area (Å²) >= 11 is 3.34. The van der Waals surface area contributed by atoms with Gasteiger partial charge in [-0.1, -0.05) is 6.07 Å². The summed E-state index contributed by atoms with van der Waals surface area (Å²) < 4.78 is 15.2. The lowest BCUT2D eigenvalue weighted by molar-refractivity contribution is 0.0950. The third-order valence-corrected chi connectivity index (χ3v) is 3.68. The highest BCUT2D eigenvalue weighted by molar-refractivity contribution is 9.10. The summed E-state index contributed by atoms with van der Waals surface area (Å²) in [5, 5.41) is 7.01. The van der Waals surface area contributed by atoms with Crippen molar-refractivity contribution in [3.05, 3.63) is 46.4 Å². The average Bonchev–Trinajstić information content (AvgIpc) is 3.10. The van der Waals surface area contributed by atoms with Crippen molar-refractivity contribution in [2.24, 2.45) is 0 Å². The Labute approximate surface area is 117 Å². The molecule has 1 fully saturated rings. The molecule has 1 heterocycles. The zero-order valence-electron chi connectivity index (χ0n) is 9.94. The largest absolute Gasteiger partial charge is 0.349 e. The van der Waals surface area contributed by atoms with Gasteiger partial charge in [-0.15, -0.1) is 0 Å². The fourth-order valence-electron chi connectivity index (χ4n) is 1.76. The van der Waals surface area contributed by atoms with E-state index in [1.807, 2.05) is 0 Å². The number of rotatable bonds is 3. The van der Waals surface area contributed by atoms with Crippen molar-refractivity contribution < 1.29 is 9.18 Å². The molecule has 1 aromatic heterocycles. The summed E-state index contributed by atoms with van der Waals surface area (Å²) in [5.74, 6) is -0.499. The molecule has 1 amide bonds. The third-order valence-electron chi connectivity index (χ3n) is 2.92. The standard InChI is InChI=1S/C13H11BrFN3O/c14-12-11(13(19)17-9-4-5-9)7-16-18(12)10-3-1-2-8(15)6-10/h1-3,6-7,9H,4-5H2,(H,17,19). The zero-order chi connectivity index (χ0) is 13.4. The Kier molecular flexibility index (Phi) is 3.10. The minimum atomic E-state index is -0.344. The van der Waals surface area contributed by atoms with Crippen molar-refractivity contribution in [2.45, 2.75) is 18.9 Å². The summed E-state index contributed by atoms with van der Waals surface area (Å²) in [6.07, 6.45) is 3.54.